The molecule has 7 unspecified atom stereocenters. The molecule has 0 spiro atoms. The summed E-state index contributed by atoms with van der Waals surface area (Å²) < 4.78 is 0. The van der Waals surface area contributed by atoms with Gasteiger partial charge in [-0.25, -0.2) is 4.79 Å². The molecule has 1 rings (SSSR count). The molecule has 0 heterocycles. The fourth-order valence-electron chi connectivity index (χ4n) is 5.51. The number of hydrogen-bond donors (Lipinski definition) is 10. The molecule has 0 radical (unpaired) electrons. The standard InChI is InChI=1S/C40H61N9O11/c1-9-23(6)34(39(58)47-27(17-21(2)3)37(56)48-33(22(4)5)35(41)54)49-38(57)29(19-42-25(8)50)46-31(52)16-15-30(51)44-24(7)36(55)43-20-32(53)45-28(40(59)60)18-26-13-11-10-12-14-26/h10-16,21-24,27-29,33-34H,9,17-20H2,1-8H3,(H2,41,54)(H,42,50)(H,43,55)(H,44,51)(H,45,53)(H,46,52)(H,47,58)(H,48,56)(H,49,57)(H,59,60). The Kier molecular flexibility index (Phi) is 22.3. The second-order valence-electron chi connectivity index (χ2n) is 15.1. The second kappa shape index (κ2) is 25.9. The minimum Gasteiger partial charge on any atom is -0.480 e. The number of carboxylic acid groups (broad SMARTS) is 1. The molecule has 0 aliphatic carbocycles. The summed E-state index contributed by atoms with van der Waals surface area (Å²) in [6, 6.07) is 1.40. The zero-order valence-electron chi connectivity index (χ0n) is 35.4. The summed E-state index contributed by atoms with van der Waals surface area (Å²) >= 11 is 0. The van der Waals surface area contributed by atoms with Crippen molar-refractivity contribution in [3.63, 3.8) is 0 Å². The molecule has 0 saturated carbocycles. The number of nitrogens with one attached hydrogen (secondary N) is 8. The van der Waals surface area contributed by atoms with Gasteiger partial charge in [0.2, 0.25) is 53.2 Å². The lowest BCUT2D eigenvalue weighted by Gasteiger charge is -2.29. The van der Waals surface area contributed by atoms with Gasteiger partial charge >= 0.3 is 5.97 Å². The molecule has 0 aromatic heterocycles. The Bertz CT molecular complexity index is 1720. The maximum Gasteiger partial charge on any atom is 0.326 e. The predicted molar refractivity (Wildman–Crippen MR) is 219 cm³/mol. The third-order valence-electron chi connectivity index (χ3n) is 9.07. The van der Waals surface area contributed by atoms with E-state index in [9.17, 15) is 53.1 Å². The molecule has 0 aliphatic heterocycles. The number of carbonyl (C=O) groups excluding carboxylic acids is 9. The van der Waals surface area contributed by atoms with Crippen LogP contribution < -0.4 is 48.3 Å². The highest BCUT2D eigenvalue weighted by Crippen LogP contribution is 2.12. The van der Waals surface area contributed by atoms with Gasteiger partial charge in [0.15, 0.2) is 0 Å². The Hall–Kier alpha value is -6.34. The molecular formula is C40H61N9O11. The highest BCUT2D eigenvalue weighted by atomic mass is 16.4. The zero-order valence-corrected chi connectivity index (χ0v) is 35.4. The van der Waals surface area contributed by atoms with E-state index in [2.05, 4.69) is 42.5 Å². The van der Waals surface area contributed by atoms with Crippen LogP contribution in [0.25, 0.3) is 0 Å². The second-order valence-corrected chi connectivity index (χ2v) is 15.1. The maximum absolute atomic E-state index is 13.7. The average Bonchev–Trinajstić information content (AvgIpc) is 3.17. The van der Waals surface area contributed by atoms with E-state index in [1.165, 1.54) is 13.8 Å². The van der Waals surface area contributed by atoms with Crippen molar-refractivity contribution >= 4 is 59.1 Å². The molecule has 0 bridgehead atoms. The summed E-state index contributed by atoms with van der Waals surface area (Å²) in [5, 5.41) is 29.1. The van der Waals surface area contributed by atoms with Crippen LogP contribution in [0.1, 0.15) is 73.8 Å². The number of carboxylic acids is 1. The van der Waals surface area contributed by atoms with Crippen molar-refractivity contribution in [1.29, 1.82) is 0 Å². The van der Waals surface area contributed by atoms with Gasteiger partial charge in [-0.3, -0.25) is 43.2 Å². The van der Waals surface area contributed by atoms with Gasteiger partial charge in [-0.2, -0.15) is 0 Å². The third kappa shape index (κ3) is 19.4. The summed E-state index contributed by atoms with van der Waals surface area (Å²) in [5.41, 5.74) is 6.14. The summed E-state index contributed by atoms with van der Waals surface area (Å²) in [7, 11) is 0. The van der Waals surface area contributed by atoms with E-state index in [1.807, 2.05) is 13.8 Å². The van der Waals surface area contributed by atoms with E-state index in [0.717, 1.165) is 12.2 Å². The molecule has 20 heteroatoms. The van der Waals surface area contributed by atoms with E-state index in [4.69, 9.17) is 5.73 Å². The number of primary amides is 1. The molecule has 1 aromatic rings. The number of nitrogens with two attached hydrogens (primary N) is 1. The molecule has 7 atom stereocenters. The van der Waals surface area contributed by atoms with Crippen LogP contribution in [0, 0.1) is 17.8 Å². The first kappa shape index (κ1) is 51.7. The van der Waals surface area contributed by atoms with Crippen molar-refractivity contribution in [3.05, 3.63) is 48.0 Å². The Balaban J connectivity index is 2.96. The molecule has 9 amide bonds. The van der Waals surface area contributed by atoms with Crippen LogP contribution in [-0.4, -0.2) is 114 Å². The van der Waals surface area contributed by atoms with Crippen LogP contribution in [0.15, 0.2) is 42.5 Å². The van der Waals surface area contributed by atoms with E-state index >= 15 is 0 Å². The first-order valence-electron chi connectivity index (χ1n) is 19.6. The molecule has 1 aromatic carbocycles. The van der Waals surface area contributed by atoms with Gasteiger partial charge in [0.25, 0.3) is 0 Å². The largest absolute Gasteiger partial charge is 0.480 e. The predicted octanol–water partition coefficient (Wildman–Crippen LogP) is -1.72. The molecule has 20 nitrogen and oxygen atoms in total. The van der Waals surface area contributed by atoms with Crippen molar-refractivity contribution in [2.75, 3.05) is 13.1 Å². The van der Waals surface area contributed by atoms with Gasteiger partial charge in [-0.1, -0.05) is 78.3 Å². The van der Waals surface area contributed by atoms with Gasteiger partial charge in [0.05, 0.1) is 6.54 Å². The normalized spacial score (nSPS) is 14.6. The molecule has 332 valence electrons. The summed E-state index contributed by atoms with van der Waals surface area (Å²) in [6.45, 7) is 12.0. The average molecular weight is 844 g/mol. The van der Waals surface area contributed by atoms with Gasteiger partial charge < -0.3 is 53.4 Å². The molecule has 0 aliphatic rings. The number of carbonyl (C=O) groups is 10. The van der Waals surface area contributed by atoms with Crippen LogP contribution in [-0.2, 0) is 54.4 Å². The Labute approximate surface area is 349 Å². The van der Waals surface area contributed by atoms with Crippen LogP contribution in [0.2, 0.25) is 0 Å². The van der Waals surface area contributed by atoms with E-state index < -0.39 is 114 Å². The summed E-state index contributed by atoms with van der Waals surface area (Å²) in [6.07, 6.45) is 2.15. The van der Waals surface area contributed by atoms with Gasteiger partial charge in [0, 0.05) is 32.0 Å². The number of hydrogen-bond acceptors (Lipinski definition) is 10. The number of aliphatic carboxylic acids is 1. The maximum atomic E-state index is 13.7. The fraction of sp³-hybridized carbons (Fsp3) is 0.550. The Morgan fingerprint density at radius 3 is 1.75 bits per heavy atom. The van der Waals surface area contributed by atoms with Crippen LogP contribution >= 0.6 is 0 Å². The highest BCUT2D eigenvalue weighted by molar-refractivity contribution is 6.01. The van der Waals surface area contributed by atoms with Crippen LogP contribution in [0.4, 0.5) is 0 Å². The quantitative estimate of drug-likeness (QED) is 0.0494. The van der Waals surface area contributed by atoms with Crippen molar-refractivity contribution in [3.8, 4) is 0 Å². The lowest BCUT2D eigenvalue weighted by atomic mass is 9.96. The van der Waals surface area contributed by atoms with Gasteiger partial charge in [0.1, 0.15) is 36.3 Å². The third-order valence-corrected chi connectivity index (χ3v) is 9.07. The molecule has 60 heavy (non-hydrogen) atoms. The van der Waals surface area contributed by atoms with E-state index in [1.54, 1.807) is 58.0 Å². The minimum absolute atomic E-state index is 0.0116. The lowest BCUT2D eigenvalue weighted by molar-refractivity contribution is -0.141. The number of benzene rings is 1. The molecule has 11 N–H and O–H groups in total. The van der Waals surface area contributed by atoms with Crippen LogP contribution in [0.3, 0.4) is 0 Å². The van der Waals surface area contributed by atoms with Crippen molar-refractivity contribution < 1.29 is 53.1 Å². The fourth-order valence-corrected chi connectivity index (χ4v) is 5.51. The smallest absolute Gasteiger partial charge is 0.326 e. The topological polar surface area (TPSA) is 313 Å². The molecule has 0 fully saturated rings. The van der Waals surface area contributed by atoms with Crippen molar-refractivity contribution in [2.45, 2.75) is 111 Å². The Morgan fingerprint density at radius 1 is 0.667 bits per heavy atom. The SMILES string of the molecule is CCC(C)C(NC(=O)C(CNC(C)=O)NC(=O)C=CC(=O)NC(C)C(=O)NCC(=O)NC(Cc1ccccc1)C(=O)O)C(=O)NC(CC(C)C)C(=O)NC(C(N)=O)C(C)C. The van der Waals surface area contributed by atoms with Crippen molar-refractivity contribution in [2.24, 2.45) is 23.5 Å². The Morgan fingerprint density at radius 2 is 1.23 bits per heavy atom. The van der Waals surface area contributed by atoms with Crippen molar-refractivity contribution in [1.82, 2.24) is 42.5 Å². The highest BCUT2D eigenvalue weighted by Gasteiger charge is 2.34. The van der Waals surface area contributed by atoms with Gasteiger partial charge in [-0.15, -0.1) is 0 Å². The monoisotopic (exact) mass is 843 g/mol. The van der Waals surface area contributed by atoms with Gasteiger partial charge in [-0.05, 0) is 36.7 Å². The first-order valence-corrected chi connectivity index (χ1v) is 19.6. The molecule has 0 saturated heterocycles. The number of rotatable bonds is 25. The summed E-state index contributed by atoms with van der Waals surface area (Å²) in [5.74, 6) is -9.11. The zero-order chi connectivity index (χ0) is 45.7. The first-order chi connectivity index (χ1) is 28.0. The number of amides is 9. The van der Waals surface area contributed by atoms with E-state index in [0.29, 0.717) is 12.0 Å². The van der Waals surface area contributed by atoms with Crippen LogP contribution in [0.5, 0.6) is 0 Å². The lowest BCUT2D eigenvalue weighted by Crippen LogP contribution is -2.61. The molecular weight excluding hydrogens is 782 g/mol. The minimum atomic E-state index is -1.45. The summed E-state index contributed by atoms with van der Waals surface area (Å²) in [4.78, 5) is 126. The van der Waals surface area contributed by atoms with E-state index in [-0.39, 0.29) is 24.7 Å².